The fourth-order valence-electron chi connectivity index (χ4n) is 1.27. The Morgan fingerprint density at radius 3 is 2.83 bits per heavy atom. The van der Waals surface area contributed by atoms with Crippen LogP contribution in [0.2, 0.25) is 0 Å². The fraction of sp³-hybridized carbons (Fsp3) is 0.500. The summed E-state index contributed by atoms with van der Waals surface area (Å²) >= 11 is 0. The number of anilines is 1. The van der Waals surface area contributed by atoms with Crippen molar-refractivity contribution in [3.05, 3.63) is 12.0 Å². The molecule has 0 bridgehead atoms. The van der Waals surface area contributed by atoms with Gasteiger partial charge in [0.05, 0.1) is 20.0 Å². The van der Waals surface area contributed by atoms with Gasteiger partial charge in [-0.05, 0) is 0 Å². The van der Waals surface area contributed by atoms with Crippen LogP contribution in [0, 0.1) is 0 Å². The first-order valence-electron chi connectivity index (χ1n) is 5.24. The quantitative estimate of drug-likeness (QED) is 0.500. The number of rotatable bonds is 6. The van der Waals surface area contributed by atoms with Crippen LogP contribution < -0.4 is 11.1 Å². The molecule has 3 N–H and O–H groups in total. The number of carbonyl (C=O) groups excluding carboxylic acids is 2. The zero-order valence-corrected chi connectivity index (χ0v) is 10.3. The lowest BCUT2D eigenvalue weighted by Gasteiger charge is -2.06. The summed E-state index contributed by atoms with van der Waals surface area (Å²) in [4.78, 5) is 26.5. The molecule has 0 spiro atoms. The number of esters is 1. The van der Waals surface area contributed by atoms with E-state index in [0.29, 0.717) is 13.2 Å². The molecule has 0 unspecified atom stereocenters. The minimum atomic E-state index is -0.633. The first-order chi connectivity index (χ1) is 8.60. The molecule has 0 aliphatic carbocycles. The average molecular weight is 256 g/mol. The van der Waals surface area contributed by atoms with Crippen molar-refractivity contribution in [2.24, 2.45) is 0 Å². The van der Waals surface area contributed by atoms with E-state index in [0.717, 1.165) is 0 Å². The SMILES string of the molecule is COCCNC(=O)Cn1cnc(C(=O)OC)c1N. The number of hydrogen-bond acceptors (Lipinski definition) is 6. The van der Waals surface area contributed by atoms with Crippen LogP contribution in [0.25, 0.3) is 0 Å². The average Bonchev–Trinajstić information content (AvgIpc) is 2.70. The Bertz CT molecular complexity index is 430. The van der Waals surface area contributed by atoms with E-state index in [2.05, 4.69) is 15.0 Å². The molecule has 100 valence electrons. The Balaban J connectivity index is 2.60. The fourth-order valence-corrected chi connectivity index (χ4v) is 1.27. The highest BCUT2D eigenvalue weighted by Crippen LogP contribution is 2.10. The van der Waals surface area contributed by atoms with Crippen molar-refractivity contribution in [3.63, 3.8) is 0 Å². The van der Waals surface area contributed by atoms with E-state index >= 15 is 0 Å². The third-order valence-corrected chi connectivity index (χ3v) is 2.20. The van der Waals surface area contributed by atoms with Crippen molar-refractivity contribution >= 4 is 17.7 Å². The van der Waals surface area contributed by atoms with Gasteiger partial charge in [0.1, 0.15) is 12.4 Å². The van der Waals surface area contributed by atoms with Gasteiger partial charge in [-0.2, -0.15) is 0 Å². The minimum absolute atomic E-state index is 0.00203. The summed E-state index contributed by atoms with van der Waals surface area (Å²) in [5, 5.41) is 2.63. The predicted octanol–water partition coefficient (Wildman–Crippen LogP) is -0.985. The van der Waals surface area contributed by atoms with Crippen molar-refractivity contribution in [1.29, 1.82) is 0 Å². The Morgan fingerprint density at radius 1 is 1.50 bits per heavy atom. The summed E-state index contributed by atoms with van der Waals surface area (Å²) in [6.45, 7) is 0.825. The van der Waals surface area contributed by atoms with Crippen LogP contribution in [0.15, 0.2) is 6.33 Å². The van der Waals surface area contributed by atoms with E-state index < -0.39 is 5.97 Å². The summed E-state index contributed by atoms with van der Waals surface area (Å²) in [5.74, 6) is -0.776. The number of nitrogen functional groups attached to an aromatic ring is 1. The molecule has 0 saturated heterocycles. The molecule has 1 rings (SSSR count). The van der Waals surface area contributed by atoms with Crippen molar-refractivity contribution in [2.45, 2.75) is 6.54 Å². The van der Waals surface area contributed by atoms with E-state index in [4.69, 9.17) is 10.5 Å². The first kappa shape index (κ1) is 14.0. The van der Waals surface area contributed by atoms with Crippen LogP contribution in [0.5, 0.6) is 0 Å². The number of aromatic nitrogens is 2. The number of hydrogen-bond donors (Lipinski definition) is 2. The lowest BCUT2D eigenvalue weighted by molar-refractivity contribution is -0.121. The van der Waals surface area contributed by atoms with Crippen molar-refractivity contribution in [3.8, 4) is 0 Å². The number of amides is 1. The minimum Gasteiger partial charge on any atom is -0.464 e. The smallest absolute Gasteiger partial charge is 0.360 e. The molecule has 0 saturated carbocycles. The third kappa shape index (κ3) is 3.45. The Hall–Kier alpha value is -2.09. The Kier molecular flexibility index (Phi) is 5.12. The predicted molar refractivity (Wildman–Crippen MR) is 62.9 cm³/mol. The molecule has 1 amide bonds. The molecule has 0 aromatic carbocycles. The Morgan fingerprint density at radius 2 is 2.22 bits per heavy atom. The number of nitrogens with one attached hydrogen (secondary N) is 1. The van der Waals surface area contributed by atoms with Gasteiger partial charge < -0.3 is 25.1 Å². The highest BCUT2D eigenvalue weighted by atomic mass is 16.5. The molecule has 18 heavy (non-hydrogen) atoms. The number of imidazole rings is 1. The monoisotopic (exact) mass is 256 g/mol. The van der Waals surface area contributed by atoms with Gasteiger partial charge in [0.2, 0.25) is 5.91 Å². The van der Waals surface area contributed by atoms with Gasteiger partial charge in [-0.15, -0.1) is 0 Å². The summed E-state index contributed by atoms with van der Waals surface area (Å²) in [7, 11) is 2.78. The van der Waals surface area contributed by atoms with Crippen molar-refractivity contribution in [2.75, 3.05) is 33.1 Å². The molecule has 0 radical (unpaired) electrons. The van der Waals surface area contributed by atoms with Crippen LogP contribution in [0.3, 0.4) is 0 Å². The van der Waals surface area contributed by atoms with E-state index in [1.807, 2.05) is 0 Å². The number of nitrogens with two attached hydrogens (primary N) is 1. The molecule has 0 fully saturated rings. The van der Waals surface area contributed by atoms with E-state index in [-0.39, 0.29) is 24.0 Å². The summed E-state index contributed by atoms with van der Waals surface area (Å²) < 4.78 is 10.7. The molecule has 8 nitrogen and oxygen atoms in total. The maximum absolute atomic E-state index is 11.5. The molecule has 1 aromatic rings. The lowest BCUT2D eigenvalue weighted by Crippen LogP contribution is -2.30. The van der Waals surface area contributed by atoms with Gasteiger partial charge in [0.25, 0.3) is 0 Å². The van der Waals surface area contributed by atoms with Crippen LogP contribution in [-0.4, -0.2) is 48.8 Å². The first-order valence-corrected chi connectivity index (χ1v) is 5.24. The van der Waals surface area contributed by atoms with E-state index in [9.17, 15) is 9.59 Å². The lowest BCUT2D eigenvalue weighted by atomic mass is 10.4. The van der Waals surface area contributed by atoms with Crippen LogP contribution in [0.1, 0.15) is 10.5 Å². The molecule has 0 aliphatic heterocycles. The molecular formula is C10H16N4O4. The van der Waals surface area contributed by atoms with Gasteiger partial charge >= 0.3 is 5.97 Å². The number of carbonyl (C=O) groups is 2. The highest BCUT2D eigenvalue weighted by Gasteiger charge is 2.17. The van der Waals surface area contributed by atoms with Gasteiger partial charge in [0, 0.05) is 13.7 Å². The maximum atomic E-state index is 11.5. The summed E-state index contributed by atoms with van der Waals surface area (Å²) in [6, 6.07) is 0. The maximum Gasteiger partial charge on any atom is 0.360 e. The molecule has 0 atom stereocenters. The largest absolute Gasteiger partial charge is 0.464 e. The number of ether oxygens (including phenoxy) is 2. The van der Waals surface area contributed by atoms with Gasteiger partial charge in [-0.1, -0.05) is 0 Å². The topological polar surface area (TPSA) is 108 Å². The standard InChI is InChI=1S/C10H16N4O4/c1-17-4-3-12-7(15)5-14-6-13-8(9(14)11)10(16)18-2/h6H,3-5,11H2,1-2H3,(H,12,15). The summed E-state index contributed by atoms with van der Waals surface area (Å²) in [6.07, 6.45) is 1.32. The number of methoxy groups -OCH3 is 2. The van der Waals surface area contributed by atoms with Gasteiger partial charge in [-0.3, -0.25) is 4.79 Å². The van der Waals surface area contributed by atoms with Gasteiger partial charge in [0.15, 0.2) is 5.69 Å². The van der Waals surface area contributed by atoms with Crippen molar-refractivity contribution in [1.82, 2.24) is 14.9 Å². The molecule has 1 heterocycles. The van der Waals surface area contributed by atoms with Crippen LogP contribution in [-0.2, 0) is 20.8 Å². The highest BCUT2D eigenvalue weighted by molar-refractivity contribution is 5.92. The van der Waals surface area contributed by atoms with Crippen LogP contribution >= 0.6 is 0 Å². The molecule has 0 aliphatic rings. The second-order valence-electron chi connectivity index (χ2n) is 3.44. The second-order valence-corrected chi connectivity index (χ2v) is 3.44. The third-order valence-electron chi connectivity index (χ3n) is 2.20. The van der Waals surface area contributed by atoms with E-state index in [1.54, 1.807) is 7.11 Å². The summed E-state index contributed by atoms with van der Waals surface area (Å²) in [5.41, 5.74) is 5.68. The molecular weight excluding hydrogens is 240 g/mol. The number of nitrogens with zero attached hydrogens (tertiary/aromatic N) is 2. The van der Waals surface area contributed by atoms with Crippen molar-refractivity contribution < 1.29 is 19.1 Å². The van der Waals surface area contributed by atoms with Crippen LogP contribution in [0.4, 0.5) is 5.82 Å². The van der Waals surface area contributed by atoms with E-state index in [1.165, 1.54) is 18.0 Å². The zero-order valence-electron chi connectivity index (χ0n) is 10.3. The molecule has 8 heteroatoms. The normalized spacial score (nSPS) is 10.1. The van der Waals surface area contributed by atoms with Gasteiger partial charge in [-0.25, -0.2) is 9.78 Å². The zero-order chi connectivity index (χ0) is 13.5. The second kappa shape index (κ2) is 6.60. The molecule has 1 aromatic heterocycles. The Labute approximate surface area is 104 Å².